The molecule has 0 bridgehead atoms. The van der Waals surface area contributed by atoms with Gasteiger partial charge in [-0.2, -0.15) is 0 Å². The van der Waals surface area contributed by atoms with E-state index in [0.717, 1.165) is 25.2 Å². The van der Waals surface area contributed by atoms with E-state index in [1.165, 1.54) is 19.4 Å². The van der Waals surface area contributed by atoms with E-state index in [9.17, 15) is 4.79 Å². The van der Waals surface area contributed by atoms with Crippen LogP contribution in [0, 0.1) is 0 Å². The topological polar surface area (TPSA) is 28.5 Å². The lowest BCUT2D eigenvalue weighted by atomic mass is 10.1. The van der Waals surface area contributed by atoms with Crippen molar-refractivity contribution in [1.82, 2.24) is 14.4 Å². The van der Waals surface area contributed by atoms with Gasteiger partial charge in [0, 0.05) is 50.7 Å². The first-order valence-corrected chi connectivity index (χ1v) is 6.84. The Kier molecular flexibility index (Phi) is 3.22. The van der Waals surface area contributed by atoms with Gasteiger partial charge >= 0.3 is 0 Å². The number of aromatic nitrogens is 1. The van der Waals surface area contributed by atoms with Crippen LogP contribution in [-0.4, -0.2) is 58.9 Å². The van der Waals surface area contributed by atoms with Crippen molar-refractivity contribution in [2.45, 2.75) is 18.9 Å². The summed E-state index contributed by atoms with van der Waals surface area (Å²) in [5, 5.41) is 0. The van der Waals surface area contributed by atoms with Gasteiger partial charge in [0.1, 0.15) is 0 Å². The minimum atomic E-state index is 0.252. The molecule has 0 saturated carbocycles. The van der Waals surface area contributed by atoms with Crippen LogP contribution in [0.4, 0.5) is 0 Å². The van der Waals surface area contributed by atoms with E-state index in [0.29, 0.717) is 12.6 Å². The molecule has 18 heavy (non-hydrogen) atoms. The van der Waals surface area contributed by atoms with Crippen molar-refractivity contribution in [3.05, 3.63) is 24.0 Å². The number of piperazine rings is 1. The zero-order valence-electron chi connectivity index (χ0n) is 11.0. The summed E-state index contributed by atoms with van der Waals surface area (Å²) in [6.07, 6.45) is 6.47. The third-order valence-corrected chi connectivity index (χ3v) is 4.19. The third kappa shape index (κ3) is 2.35. The Morgan fingerprint density at radius 3 is 3.06 bits per heavy atom. The summed E-state index contributed by atoms with van der Waals surface area (Å²) in [6, 6.07) is 2.61. The number of rotatable bonds is 3. The van der Waals surface area contributed by atoms with Crippen molar-refractivity contribution in [2.24, 2.45) is 7.05 Å². The summed E-state index contributed by atoms with van der Waals surface area (Å²) in [5.74, 6) is 0.252. The number of aryl methyl sites for hydroxylation is 1. The van der Waals surface area contributed by atoms with Gasteiger partial charge in [0.05, 0.1) is 6.54 Å². The smallest absolute Gasteiger partial charge is 0.178 e. The summed E-state index contributed by atoms with van der Waals surface area (Å²) >= 11 is 0. The van der Waals surface area contributed by atoms with Crippen LogP contribution >= 0.6 is 0 Å². The Bertz CT molecular complexity index is 440. The highest BCUT2D eigenvalue weighted by Gasteiger charge is 2.31. The molecule has 1 atom stereocenters. The van der Waals surface area contributed by atoms with Gasteiger partial charge in [0.15, 0.2) is 5.78 Å². The zero-order chi connectivity index (χ0) is 12.5. The number of carbonyl (C=O) groups is 1. The summed E-state index contributed by atoms with van der Waals surface area (Å²) in [7, 11) is 1.95. The molecule has 98 valence electrons. The average Bonchev–Trinajstić information content (AvgIpc) is 2.96. The monoisotopic (exact) mass is 247 g/mol. The van der Waals surface area contributed by atoms with Crippen LogP contribution in [0.15, 0.2) is 18.5 Å². The molecule has 0 N–H and O–H groups in total. The van der Waals surface area contributed by atoms with Crippen LogP contribution < -0.4 is 0 Å². The fourth-order valence-electron chi connectivity index (χ4n) is 3.16. The molecule has 0 amide bonds. The van der Waals surface area contributed by atoms with Gasteiger partial charge in [0.2, 0.25) is 0 Å². The fourth-order valence-corrected chi connectivity index (χ4v) is 3.16. The molecular formula is C14H21N3O. The second-order valence-corrected chi connectivity index (χ2v) is 5.56. The first-order valence-electron chi connectivity index (χ1n) is 6.84. The van der Waals surface area contributed by atoms with Gasteiger partial charge in [-0.25, -0.2) is 0 Å². The Morgan fingerprint density at radius 2 is 2.28 bits per heavy atom. The number of Topliss-reactive ketones (excluding diaryl/α,β-unsaturated/α-hetero) is 1. The minimum absolute atomic E-state index is 0.252. The van der Waals surface area contributed by atoms with E-state index in [1.54, 1.807) is 0 Å². The number of carbonyl (C=O) groups excluding carboxylic acids is 1. The third-order valence-electron chi connectivity index (χ3n) is 4.19. The molecule has 1 aromatic rings. The van der Waals surface area contributed by atoms with Crippen molar-refractivity contribution in [3.8, 4) is 0 Å². The predicted molar refractivity (Wildman–Crippen MR) is 70.8 cm³/mol. The molecule has 1 aromatic heterocycles. The summed E-state index contributed by atoms with van der Waals surface area (Å²) < 4.78 is 1.93. The van der Waals surface area contributed by atoms with Gasteiger partial charge < -0.3 is 4.57 Å². The van der Waals surface area contributed by atoms with Crippen molar-refractivity contribution < 1.29 is 4.79 Å². The zero-order valence-corrected chi connectivity index (χ0v) is 11.0. The maximum Gasteiger partial charge on any atom is 0.178 e. The van der Waals surface area contributed by atoms with E-state index in [1.807, 2.05) is 30.1 Å². The molecule has 0 radical (unpaired) electrons. The second-order valence-electron chi connectivity index (χ2n) is 5.56. The van der Waals surface area contributed by atoms with Crippen LogP contribution in [0.25, 0.3) is 0 Å². The molecule has 3 heterocycles. The van der Waals surface area contributed by atoms with Gasteiger partial charge in [-0.1, -0.05) is 0 Å². The number of nitrogens with zero attached hydrogens (tertiary/aromatic N) is 3. The Hall–Kier alpha value is -1.13. The molecule has 3 rings (SSSR count). The second kappa shape index (κ2) is 4.86. The lowest BCUT2D eigenvalue weighted by Crippen LogP contribution is -2.51. The quantitative estimate of drug-likeness (QED) is 0.746. The highest BCUT2D eigenvalue weighted by atomic mass is 16.1. The van der Waals surface area contributed by atoms with Gasteiger partial charge in [-0.05, 0) is 25.5 Å². The Balaban J connectivity index is 1.58. The first kappa shape index (κ1) is 11.9. The molecular weight excluding hydrogens is 226 g/mol. The summed E-state index contributed by atoms with van der Waals surface area (Å²) in [4.78, 5) is 17.0. The van der Waals surface area contributed by atoms with Gasteiger partial charge in [-0.15, -0.1) is 0 Å². The molecule has 4 heteroatoms. The molecule has 4 nitrogen and oxygen atoms in total. The lowest BCUT2D eigenvalue weighted by Gasteiger charge is -2.37. The molecule has 2 aliphatic rings. The van der Waals surface area contributed by atoms with E-state index in [-0.39, 0.29) is 5.78 Å². The molecule has 2 fully saturated rings. The van der Waals surface area contributed by atoms with E-state index >= 15 is 0 Å². The van der Waals surface area contributed by atoms with Gasteiger partial charge in [-0.3, -0.25) is 14.6 Å². The minimum Gasteiger partial charge on any atom is -0.357 e. The number of hydrogen-bond acceptors (Lipinski definition) is 3. The largest absolute Gasteiger partial charge is 0.357 e. The number of hydrogen-bond donors (Lipinski definition) is 0. The Labute approximate surface area is 108 Å². The molecule has 2 saturated heterocycles. The van der Waals surface area contributed by atoms with Crippen LogP contribution in [0.5, 0.6) is 0 Å². The Morgan fingerprint density at radius 1 is 1.39 bits per heavy atom. The fraction of sp³-hybridized carbons (Fsp3) is 0.643. The normalized spacial score (nSPS) is 25.3. The predicted octanol–water partition coefficient (Wildman–Crippen LogP) is 0.988. The van der Waals surface area contributed by atoms with Crippen LogP contribution in [-0.2, 0) is 7.05 Å². The van der Waals surface area contributed by atoms with Gasteiger partial charge in [0.25, 0.3) is 0 Å². The molecule has 0 spiro atoms. The van der Waals surface area contributed by atoms with Crippen molar-refractivity contribution in [2.75, 3.05) is 32.7 Å². The first-order chi connectivity index (χ1) is 8.72. The molecule has 2 aliphatic heterocycles. The molecule has 0 aliphatic carbocycles. The van der Waals surface area contributed by atoms with Crippen LogP contribution in [0.1, 0.15) is 23.2 Å². The van der Waals surface area contributed by atoms with Crippen molar-refractivity contribution in [1.29, 1.82) is 0 Å². The highest BCUT2D eigenvalue weighted by molar-refractivity contribution is 5.97. The maximum atomic E-state index is 12.1. The molecule has 0 aromatic carbocycles. The van der Waals surface area contributed by atoms with Crippen LogP contribution in [0.2, 0.25) is 0 Å². The highest BCUT2D eigenvalue weighted by Crippen LogP contribution is 2.21. The summed E-state index contributed by atoms with van der Waals surface area (Å²) in [5.41, 5.74) is 0.839. The molecule has 1 unspecified atom stereocenters. The van der Waals surface area contributed by atoms with Crippen molar-refractivity contribution >= 4 is 5.78 Å². The maximum absolute atomic E-state index is 12.1. The summed E-state index contributed by atoms with van der Waals surface area (Å²) in [6.45, 7) is 5.07. The standard InChI is InChI=1S/C14H21N3O/c1-15-6-4-12(9-15)14(18)11-16-7-8-17-5-2-3-13(17)10-16/h4,6,9,13H,2-3,5,7-8,10-11H2,1H3. The van der Waals surface area contributed by atoms with Crippen molar-refractivity contribution in [3.63, 3.8) is 0 Å². The lowest BCUT2D eigenvalue weighted by molar-refractivity contribution is 0.0784. The van der Waals surface area contributed by atoms with E-state index < -0.39 is 0 Å². The SMILES string of the molecule is Cn1ccc(C(=O)CN2CCN3CCCC3C2)c1. The average molecular weight is 247 g/mol. The van der Waals surface area contributed by atoms with Crippen LogP contribution in [0.3, 0.4) is 0 Å². The number of ketones is 1. The van der Waals surface area contributed by atoms with E-state index in [2.05, 4.69) is 9.80 Å². The number of fused-ring (bicyclic) bond motifs is 1. The van der Waals surface area contributed by atoms with E-state index in [4.69, 9.17) is 0 Å².